The van der Waals surface area contributed by atoms with E-state index < -0.39 is 6.04 Å². The monoisotopic (exact) mass is 417 g/mol. The van der Waals surface area contributed by atoms with Gasteiger partial charge in [-0.05, 0) is 49.0 Å². The van der Waals surface area contributed by atoms with Gasteiger partial charge < -0.3 is 25.4 Å². The minimum absolute atomic E-state index is 0.286. The zero-order chi connectivity index (χ0) is 20.3. The number of hydrogen-bond donors (Lipinski definition) is 3. The third-order valence-corrected chi connectivity index (χ3v) is 4.84. The number of halogens is 1. The molecular weight excluding hydrogens is 398 g/mol. The molecule has 1 heterocycles. The molecule has 3 N–H and O–H groups in total. The molecule has 0 bridgehead atoms. The number of rotatable bonds is 5. The maximum absolute atomic E-state index is 13.2. The summed E-state index contributed by atoms with van der Waals surface area (Å²) in [5.41, 5.74) is 2.56. The Morgan fingerprint density at radius 1 is 1.14 bits per heavy atom. The highest BCUT2D eigenvalue weighted by atomic mass is 35.5. The van der Waals surface area contributed by atoms with E-state index in [2.05, 4.69) is 16.0 Å². The molecule has 0 saturated carbocycles. The molecule has 6 nitrogen and oxygen atoms in total. The molecule has 0 radical (unpaired) electrons. The molecule has 0 fully saturated rings. The van der Waals surface area contributed by atoms with Crippen LogP contribution >= 0.6 is 23.8 Å². The molecule has 146 valence electrons. The number of methoxy groups -OCH3 is 2. The van der Waals surface area contributed by atoms with Crippen LogP contribution in [0.15, 0.2) is 53.7 Å². The largest absolute Gasteiger partial charge is 0.497 e. The van der Waals surface area contributed by atoms with Gasteiger partial charge in [-0.1, -0.05) is 23.7 Å². The molecule has 28 heavy (non-hydrogen) atoms. The van der Waals surface area contributed by atoms with E-state index >= 15 is 0 Å². The summed E-state index contributed by atoms with van der Waals surface area (Å²) in [4.78, 5) is 13.2. The van der Waals surface area contributed by atoms with Crippen molar-refractivity contribution < 1.29 is 14.3 Å². The van der Waals surface area contributed by atoms with Crippen LogP contribution in [0.3, 0.4) is 0 Å². The second-order valence-electron chi connectivity index (χ2n) is 6.14. The molecule has 0 aliphatic carbocycles. The zero-order valence-electron chi connectivity index (χ0n) is 15.6. The average molecular weight is 418 g/mol. The third kappa shape index (κ3) is 4.21. The van der Waals surface area contributed by atoms with E-state index in [-0.39, 0.29) is 5.91 Å². The van der Waals surface area contributed by atoms with Crippen LogP contribution in [0.1, 0.15) is 18.5 Å². The number of thiocarbonyl (C=S) groups is 1. The normalized spacial score (nSPS) is 16.1. The van der Waals surface area contributed by atoms with Crippen LogP contribution in [0.25, 0.3) is 0 Å². The van der Waals surface area contributed by atoms with Gasteiger partial charge in [0, 0.05) is 16.8 Å². The number of amides is 1. The number of carbonyl (C=O) groups excluding carboxylic acids is 1. The summed E-state index contributed by atoms with van der Waals surface area (Å²) in [7, 11) is 3.10. The second-order valence-corrected chi connectivity index (χ2v) is 6.99. The van der Waals surface area contributed by atoms with Crippen molar-refractivity contribution in [2.75, 3.05) is 19.5 Å². The van der Waals surface area contributed by atoms with Crippen molar-refractivity contribution in [1.82, 2.24) is 10.6 Å². The minimum atomic E-state index is -0.414. The summed E-state index contributed by atoms with van der Waals surface area (Å²) in [6.45, 7) is 1.81. The van der Waals surface area contributed by atoms with Gasteiger partial charge in [-0.15, -0.1) is 0 Å². The Bertz CT molecular complexity index is 944. The van der Waals surface area contributed by atoms with Crippen molar-refractivity contribution in [2.45, 2.75) is 13.0 Å². The van der Waals surface area contributed by atoms with Gasteiger partial charge in [-0.25, -0.2) is 0 Å². The molecule has 1 aliphatic rings. The van der Waals surface area contributed by atoms with Crippen molar-refractivity contribution in [2.24, 2.45) is 0 Å². The number of carbonyl (C=O) groups is 1. The summed E-state index contributed by atoms with van der Waals surface area (Å²) in [5, 5.41) is 10.1. The number of hydrogen-bond acceptors (Lipinski definition) is 4. The van der Waals surface area contributed by atoms with Gasteiger partial charge in [-0.2, -0.15) is 0 Å². The lowest BCUT2D eigenvalue weighted by Gasteiger charge is -2.30. The Balaban J connectivity index is 1.97. The molecule has 3 rings (SSSR count). The summed E-state index contributed by atoms with van der Waals surface area (Å²) >= 11 is 11.3. The first-order valence-corrected chi connectivity index (χ1v) is 9.28. The number of nitrogens with one attached hydrogen (secondary N) is 3. The van der Waals surface area contributed by atoms with Crippen LogP contribution in [-0.2, 0) is 4.79 Å². The summed E-state index contributed by atoms with van der Waals surface area (Å²) in [6, 6.07) is 12.1. The van der Waals surface area contributed by atoms with Gasteiger partial charge in [0.2, 0.25) is 0 Å². The van der Waals surface area contributed by atoms with E-state index in [0.29, 0.717) is 38.6 Å². The van der Waals surface area contributed by atoms with Crippen molar-refractivity contribution in [3.8, 4) is 11.5 Å². The molecule has 0 aromatic heterocycles. The van der Waals surface area contributed by atoms with Crippen molar-refractivity contribution >= 4 is 40.5 Å². The predicted molar refractivity (Wildman–Crippen MR) is 114 cm³/mol. The Labute approximate surface area is 173 Å². The highest BCUT2D eigenvalue weighted by molar-refractivity contribution is 7.80. The van der Waals surface area contributed by atoms with Gasteiger partial charge >= 0.3 is 0 Å². The molecule has 1 amide bonds. The Hall–Kier alpha value is -2.77. The van der Waals surface area contributed by atoms with Crippen LogP contribution in [0, 0.1) is 0 Å². The summed E-state index contributed by atoms with van der Waals surface area (Å²) < 4.78 is 10.6. The smallest absolute Gasteiger partial charge is 0.255 e. The maximum Gasteiger partial charge on any atom is 0.255 e. The van der Waals surface area contributed by atoms with Crippen molar-refractivity contribution in [1.29, 1.82) is 0 Å². The lowest BCUT2D eigenvalue weighted by Crippen LogP contribution is -2.45. The molecule has 1 atom stereocenters. The van der Waals surface area contributed by atoms with Gasteiger partial charge in [0.15, 0.2) is 5.11 Å². The summed E-state index contributed by atoms with van der Waals surface area (Å²) in [5.74, 6) is 0.853. The highest BCUT2D eigenvalue weighted by Crippen LogP contribution is 2.32. The molecule has 1 unspecified atom stereocenters. The van der Waals surface area contributed by atoms with Gasteiger partial charge in [-0.3, -0.25) is 4.79 Å². The van der Waals surface area contributed by atoms with Crippen molar-refractivity contribution in [3.05, 3.63) is 64.3 Å². The standard InChI is InChI=1S/C20H20ClN3O3S/c1-11-17(18(24-20(28)22-11)12-4-6-13(21)7-5-12)19(25)23-15-10-14(26-2)8-9-16(15)27-3/h4-10,18H,1-3H3,(H,23,25)(H2,22,24,28). The Morgan fingerprint density at radius 3 is 2.50 bits per heavy atom. The molecule has 2 aromatic carbocycles. The number of benzene rings is 2. The molecule has 2 aromatic rings. The lowest BCUT2D eigenvalue weighted by atomic mass is 9.95. The average Bonchev–Trinajstić information content (AvgIpc) is 2.67. The molecule has 1 aliphatic heterocycles. The van der Waals surface area contributed by atoms with E-state index in [1.165, 1.54) is 0 Å². The van der Waals surface area contributed by atoms with E-state index in [1.54, 1.807) is 44.6 Å². The van der Waals surface area contributed by atoms with Crippen LogP contribution < -0.4 is 25.4 Å². The maximum atomic E-state index is 13.2. The first kappa shape index (κ1) is 20.0. The first-order chi connectivity index (χ1) is 13.4. The lowest BCUT2D eigenvalue weighted by molar-refractivity contribution is -0.113. The third-order valence-electron chi connectivity index (χ3n) is 4.37. The quantitative estimate of drug-likeness (QED) is 0.643. The van der Waals surface area contributed by atoms with E-state index in [4.69, 9.17) is 33.3 Å². The molecule has 0 saturated heterocycles. The first-order valence-electron chi connectivity index (χ1n) is 8.50. The van der Waals surface area contributed by atoms with Gasteiger partial charge in [0.1, 0.15) is 11.5 Å². The van der Waals surface area contributed by atoms with Crippen LogP contribution in [-0.4, -0.2) is 25.2 Å². The topological polar surface area (TPSA) is 71.6 Å². The van der Waals surface area contributed by atoms with E-state index in [0.717, 1.165) is 5.56 Å². The second kappa shape index (κ2) is 8.50. The Kier molecular flexibility index (Phi) is 6.06. The Morgan fingerprint density at radius 2 is 1.86 bits per heavy atom. The summed E-state index contributed by atoms with van der Waals surface area (Å²) in [6.07, 6.45) is 0. The SMILES string of the molecule is COc1ccc(OC)c(NC(=O)C2=C(C)NC(=S)NC2c2ccc(Cl)cc2)c1. The minimum Gasteiger partial charge on any atom is -0.497 e. The van der Waals surface area contributed by atoms with Gasteiger partial charge in [0.25, 0.3) is 5.91 Å². The van der Waals surface area contributed by atoms with Crippen LogP contribution in [0.2, 0.25) is 5.02 Å². The fraction of sp³-hybridized carbons (Fsp3) is 0.200. The fourth-order valence-electron chi connectivity index (χ4n) is 3.00. The molecule has 8 heteroatoms. The van der Waals surface area contributed by atoms with Crippen LogP contribution in [0.5, 0.6) is 11.5 Å². The predicted octanol–water partition coefficient (Wildman–Crippen LogP) is 3.79. The molecule has 0 spiro atoms. The van der Waals surface area contributed by atoms with Crippen molar-refractivity contribution in [3.63, 3.8) is 0 Å². The van der Waals surface area contributed by atoms with E-state index in [1.807, 2.05) is 19.1 Å². The van der Waals surface area contributed by atoms with Crippen LogP contribution in [0.4, 0.5) is 5.69 Å². The number of anilines is 1. The van der Waals surface area contributed by atoms with Gasteiger partial charge in [0.05, 0.1) is 31.5 Å². The number of ether oxygens (including phenoxy) is 2. The van der Waals surface area contributed by atoms with E-state index in [9.17, 15) is 4.79 Å². The highest BCUT2D eigenvalue weighted by Gasteiger charge is 2.30. The zero-order valence-corrected chi connectivity index (χ0v) is 17.2. The molecular formula is C20H20ClN3O3S. The fourth-order valence-corrected chi connectivity index (χ4v) is 3.40. The number of allylic oxidation sites excluding steroid dienone is 1.